The molecule has 3 nitrogen and oxygen atoms in total. The first kappa shape index (κ1) is 15.9. The lowest BCUT2D eigenvalue weighted by Crippen LogP contribution is -2.11. The number of ether oxygens (including phenoxy) is 2. The Kier molecular flexibility index (Phi) is 5.65. The van der Waals surface area contributed by atoms with Crippen LogP contribution in [0.25, 0.3) is 0 Å². The van der Waals surface area contributed by atoms with Gasteiger partial charge in [0.05, 0.1) is 7.11 Å². The quantitative estimate of drug-likeness (QED) is 0.821. The number of benzene rings is 2. The Labute approximate surface area is 134 Å². The van der Waals surface area contributed by atoms with Gasteiger partial charge in [0.1, 0.15) is 5.75 Å². The van der Waals surface area contributed by atoms with Gasteiger partial charge in [-0.25, -0.2) is 0 Å². The molecule has 0 radical (unpaired) electrons. The molecular formula is C17H20BrNO2. The van der Waals surface area contributed by atoms with Crippen LogP contribution in [0.2, 0.25) is 0 Å². The molecule has 0 saturated carbocycles. The van der Waals surface area contributed by atoms with Crippen molar-refractivity contribution in [3.8, 4) is 17.2 Å². The van der Waals surface area contributed by atoms with E-state index in [0.29, 0.717) is 0 Å². The number of halogens is 1. The predicted octanol–water partition coefficient (Wildman–Crippen LogP) is 4.67. The molecule has 0 unspecified atom stereocenters. The highest BCUT2D eigenvalue weighted by atomic mass is 79.9. The summed E-state index contributed by atoms with van der Waals surface area (Å²) in [5.41, 5.74) is 2.35. The molecule has 21 heavy (non-hydrogen) atoms. The fourth-order valence-corrected chi connectivity index (χ4v) is 2.48. The van der Waals surface area contributed by atoms with Gasteiger partial charge in [-0.3, -0.25) is 0 Å². The topological polar surface area (TPSA) is 30.5 Å². The van der Waals surface area contributed by atoms with E-state index >= 15 is 0 Å². The molecule has 0 aliphatic carbocycles. The van der Waals surface area contributed by atoms with E-state index in [2.05, 4.69) is 34.2 Å². The van der Waals surface area contributed by atoms with Gasteiger partial charge in [-0.05, 0) is 48.9 Å². The Hall–Kier alpha value is -1.52. The minimum absolute atomic E-state index is 0.717. The lowest BCUT2D eigenvalue weighted by Gasteiger charge is -2.12. The molecule has 112 valence electrons. The smallest absolute Gasteiger partial charge is 0.169 e. The molecule has 0 fully saturated rings. The summed E-state index contributed by atoms with van der Waals surface area (Å²) in [5.74, 6) is 2.24. The van der Waals surface area contributed by atoms with Gasteiger partial charge in [-0.15, -0.1) is 0 Å². The summed E-state index contributed by atoms with van der Waals surface area (Å²) in [6.07, 6.45) is 0. The van der Waals surface area contributed by atoms with Crippen molar-refractivity contribution in [3.05, 3.63) is 52.0 Å². The third-order valence-electron chi connectivity index (χ3n) is 3.14. The predicted molar refractivity (Wildman–Crippen MR) is 89.3 cm³/mol. The molecule has 0 spiro atoms. The second kappa shape index (κ2) is 7.48. The molecule has 0 aliphatic rings. The minimum atomic E-state index is 0.717. The minimum Gasteiger partial charge on any atom is -0.493 e. The Balaban J connectivity index is 2.18. The van der Waals surface area contributed by atoms with E-state index in [4.69, 9.17) is 9.47 Å². The summed E-state index contributed by atoms with van der Waals surface area (Å²) in [5, 5.41) is 3.31. The van der Waals surface area contributed by atoms with Crippen LogP contribution in [0.3, 0.4) is 0 Å². The van der Waals surface area contributed by atoms with Crippen molar-refractivity contribution in [1.82, 2.24) is 5.32 Å². The molecule has 0 bridgehead atoms. The van der Waals surface area contributed by atoms with Crippen molar-refractivity contribution in [3.63, 3.8) is 0 Å². The van der Waals surface area contributed by atoms with Crippen LogP contribution in [0, 0.1) is 6.92 Å². The first-order valence-corrected chi connectivity index (χ1v) is 7.75. The highest BCUT2D eigenvalue weighted by Gasteiger charge is 2.07. The van der Waals surface area contributed by atoms with Gasteiger partial charge in [0.25, 0.3) is 0 Å². The van der Waals surface area contributed by atoms with Gasteiger partial charge in [-0.1, -0.05) is 35.0 Å². The second-order valence-corrected chi connectivity index (χ2v) is 5.64. The highest BCUT2D eigenvalue weighted by Crippen LogP contribution is 2.33. The Morgan fingerprint density at radius 2 is 1.90 bits per heavy atom. The van der Waals surface area contributed by atoms with Crippen LogP contribution >= 0.6 is 15.9 Å². The Morgan fingerprint density at radius 3 is 2.57 bits per heavy atom. The van der Waals surface area contributed by atoms with Crippen molar-refractivity contribution in [1.29, 1.82) is 0 Å². The molecule has 2 rings (SSSR count). The standard InChI is InChI=1S/C17H20BrNO2/c1-4-19-11-13-6-7-14(10-15(13)18)21-16-8-5-12(2)9-17(16)20-3/h5-10,19H,4,11H2,1-3H3. The van der Waals surface area contributed by atoms with Gasteiger partial charge in [0, 0.05) is 11.0 Å². The monoisotopic (exact) mass is 349 g/mol. The van der Waals surface area contributed by atoms with Crippen LogP contribution in [-0.4, -0.2) is 13.7 Å². The molecule has 2 aromatic carbocycles. The van der Waals surface area contributed by atoms with E-state index in [9.17, 15) is 0 Å². The van der Waals surface area contributed by atoms with Crippen LogP contribution in [0.15, 0.2) is 40.9 Å². The lowest BCUT2D eigenvalue weighted by atomic mass is 10.2. The van der Waals surface area contributed by atoms with E-state index in [1.165, 1.54) is 5.56 Å². The largest absolute Gasteiger partial charge is 0.493 e. The van der Waals surface area contributed by atoms with Crippen LogP contribution in [-0.2, 0) is 6.54 Å². The molecule has 0 amide bonds. The summed E-state index contributed by atoms with van der Waals surface area (Å²) in [4.78, 5) is 0. The fraction of sp³-hybridized carbons (Fsp3) is 0.294. The van der Waals surface area contributed by atoms with Crippen LogP contribution in [0.5, 0.6) is 17.2 Å². The third kappa shape index (κ3) is 4.22. The van der Waals surface area contributed by atoms with Gasteiger partial charge in [0.15, 0.2) is 11.5 Å². The van der Waals surface area contributed by atoms with Crippen LogP contribution < -0.4 is 14.8 Å². The number of hydrogen-bond acceptors (Lipinski definition) is 3. The van der Waals surface area contributed by atoms with Gasteiger partial charge >= 0.3 is 0 Å². The summed E-state index contributed by atoms with van der Waals surface area (Å²) >= 11 is 3.59. The SMILES string of the molecule is CCNCc1ccc(Oc2ccc(C)cc2OC)cc1Br. The van der Waals surface area contributed by atoms with Crippen molar-refractivity contribution >= 4 is 15.9 Å². The highest BCUT2D eigenvalue weighted by molar-refractivity contribution is 9.10. The lowest BCUT2D eigenvalue weighted by molar-refractivity contribution is 0.378. The number of hydrogen-bond donors (Lipinski definition) is 1. The van der Waals surface area contributed by atoms with Crippen molar-refractivity contribution in [2.24, 2.45) is 0 Å². The molecular weight excluding hydrogens is 330 g/mol. The van der Waals surface area contributed by atoms with Gasteiger partial charge < -0.3 is 14.8 Å². The van der Waals surface area contributed by atoms with Crippen LogP contribution in [0.1, 0.15) is 18.1 Å². The molecule has 0 aromatic heterocycles. The summed E-state index contributed by atoms with van der Waals surface area (Å²) in [6.45, 7) is 5.91. The number of methoxy groups -OCH3 is 1. The molecule has 0 atom stereocenters. The number of aryl methyl sites for hydroxylation is 1. The zero-order valence-corrected chi connectivity index (χ0v) is 14.2. The van der Waals surface area contributed by atoms with E-state index < -0.39 is 0 Å². The molecule has 2 aromatic rings. The maximum atomic E-state index is 5.92. The number of rotatable bonds is 6. The average Bonchev–Trinajstić information content (AvgIpc) is 2.48. The summed E-state index contributed by atoms with van der Waals surface area (Å²) in [6, 6.07) is 11.9. The Bertz CT molecular complexity index is 614. The zero-order chi connectivity index (χ0) is 15.2. The second-order valence-electron chi connectivity index (χ2n) is 4.79. The molecule has 0 aliphatic heterocycles. The van der Waals surface area contributed by atoms with E-state index in [1.807, 2.05) is 37.3 Å². The molecule has 0 saturated heterocycles. The summed E-state index contributed by atoms with van der Waals surface area (Å²) < 4.78 is 12.3. The van der Waals surface area contributed by atoms with E-state index in [-0.39, 0.29) is 0 Å². The first-order chi connectivity index (χ1) is 10.1. The molecule has 0 heterocycles. The van der Waals surface area contributed by atoms with Crippen molar-refractivity contribution in [2.75, 3.05) is 13.7 Å². The maximum absolute atomic E-state index is 5.92. The number of nitrogens with one attached hydrogen (secondary N) is 1. The van der Waals surface area contributed by atoms with Crippen LogP contribution in [0.4, 0.5) is 0 Å². The van der Waals surface area contributed by atoms with E-state index in [0.717, 1.165) is 40.4 Å². The maximum Gasteiger partial charge on any atom is 0.169 e. The fourth-order valence-electron chi connectivity index (χ4n) is 1.98. The van der Waals surface area contributed by atoms with E-state index in [1.54, 1.807) is 7.11 Å². The van der Waals surface area contributed by atoms with Gasteiger partial charge in [-0.2, -0.15) is 0 Å². The average molecular weight is 350 g/mol. The first-order valence-electron chi connectivity index (χ1n) is 6.95. The normalized spacial score (nSPS) is 10.5. The van der Waals surface area contributed by atoms with Crippen molar-refractivity contribution in [2.45, 2.75) is 20.4 Å². The summed E-state index contributed by atoms with van der Waals surface area (Å²) in [7, 11) is 1.65. The molecule has 4 heteroatoms. The molecule has 1 N–H and O–H groups in total. The third-order valence-corrected chi connectivity index (χ3v) is 3.88. The van der Waals surface area contributed by atoms with Crippen molar-refractivity contribution < 1.29 is 9.47 Å². The zero-order valence-electron chi connectivity index (χ0n) is 12.6. The Morgan fingerprint density at radius 1 is 1.10 bits per heavy atom. The van der Waals surface area contributed by atoms with Gasteiger partial charge in [0.2, 0.25) is 0 Å².